The summed E-state index contributed by atoms with van der Waals surface area (Å²) in [6.45, 7) is -0.102. The third kappa shape index (κ3) is 4.45. The van der Waals surface area contributed by atoms with Crippen molar-refractivity contribution >= 4 is 49.1 Å². The molecular weight excluding hydrogens is 432 g/mol. The molecule has 25 heavy (non-hydrogen) atoms. The molecule has 0 atom stereocenters. The first-order valence-electron chi connectivity index (χ1n) is 7.16. The molecule has 6 nitrogen and oxygen atoms in total. The van der Waals surface area contributed by atoms with Gasteiger partial charge < -0.3 is 10.5 Å². The number of sulfonamides is 1. The predicted molar refractivity (Wildman–Crippen MR) is 100 cm³/mol. The van der Waals surface area contributed by atoms with Crippen molar-refractivity contribution in [3.8, 4) is 5.75 Å². The number of carbonyl (C=O) groups excluding carboxylic acids is 1. The van der Waals surface area contributed by atoms with Crippen molar-refractivity contribution in [2.75, 3.05) is 18.0 Å². The number of hydrogen-bond acceptors (Lipinski definition) is 4. The van der Waals surface area contributed by atoms with E-state index in [2.05, 4.69) is 15.9 Å². The van der Waals surface area contributed by atoms with Crippen molar-refractivity contribution in [2.24, 2.45) is 5.73 Å². The molecule has 0 radical (unpaired) electrons. The first-order valence-corrected chi connectivity index (χ1v) is 9.77. The Hall–Kier alpha value is -1.77. The van der Waals surface area contributed by atoms with Crippen LogP contribution in [0.15, 0.2) is 51.8 Å². The lowest BCUT2D eigenvalue weighted by Crippen LogP contribution is -2.34. The number of rotatable bonds is 7. The lowest BCUT2D eigenvalue weighted by molar-refractivity contribution is -0.117. The Morgan fingerprint density at radius 2 is 1.92 bits per heavy atom. The lowest BCUT2D eigenvalue weighted by atomic mass is 10.3. The number of para-hydroxylation sites is 1. The first-order chi connectivity index (χ1) is 11.8. The Labute approximate surface area is 159 Å². The van der Waals surface area contributed by atoms with E-state index in [4.69, 9.17) is 22.1 Å². The monoisotopic (exact) mass is 446 g/mol. The van der Waals surface area contributed by atoms with Crippen LogP contribution in [0, 0.1) is 0 Å². The van der Waals surface area contributed by atoms with Gasteiger partial charge in [-0.2, -0.15) is 0 Å². The molecule has 9 heteroatoms. The van der Waals surface area contributed by atoms with Gasteiger partial charge in [0.05, 0.1) is 17.3 Å². The molecule has 134 valence electrons. The topological polar surface area (TPSA) is 89.7 Å². The Bertz CT molecular complexity index is 875. The summed E-state index contributed by atoms with van der Waals surface area (Å²) in [6.07, 6.45) is -0.127. The van der Waals surface area contributed by atoms with Crippen molar-refractivity contribution < 1.29 is 17.9 Å². The van der Waals surface area contributed by atoms with Crippen LogP contribution in [0.25, 0.3) is 0 Å². The normalized spacial score (nSPS) is 11.2. The Balaban J connectivity index is 2.61. The second kappa shape index (κ2) is 8.07. The van der Waals surface area contributed by atoms with Gasteiger partial charge in [0.25, 0.3) is 10.0 Å². The maximum absolute atomic E-state index is 13.2. The van der Waals surface area contributed by atoms with Crippen LogP contribution in [0.3, 0.4) is 0 Å². The zero-order chi connectivity index (χ0) is 18.6. The van der Waals surface area contributed by atoms with Crippen molar-refractivity contribution in [3.63, 3.8) is 0 Å². The molecule has 2 rings (SSSR count). The zero-order valence-corrected chi connectivity index (χ0v) is 16.4. The number of hydrogen-bond donors (Lipinski definition) is 1. The van der Waals surface area contributed by atoms with Gasteiger partial charge in [0.15, 0.2) is 5.75 Å². The van der Waals surface area contributed by atoms with Gasteiger partial charge in [-0.15, -0.1) is 0 Å². The highest BCUT2D eigenvalue weighted by Crippen LogP contribution is 2.38. The standard InChI is InChI=1S/C16H16BrClN2O4S/c1-24-16-13(17)9-11(18)10-14(16)25(22,23)20(8-7-15(19)21)12-5-3-2-4-6-12/h2-6,9-10H,7-8H2,1H3,(H2,19,21). The first kappa shape index (κ1) is 19.6. The molecule has 2 aromatic carbocycles. The molecule has 0 saturated carbocycles. The molecular formula is C16H16BrClN2O4S. The van der Waals surface area contributed by atoms with Crippen molar-refractivity contribution in [1.29, 1.82) is 0 Å². The number of methoxy groups -OCH3 is 1. The number of nitrogens with two attached hydrogens (primary N) is 1. The van der Waals surface area contributed by atoms with Gasteiger partial charge >= 0.3 is 0 Å². The minimum atomic E-state index is -4.05. The molecule has 0 aliphatic rings. The predicted octanol–water partition coefficient (Wildman–Crippen LogP) is 3.18. The van der Waals surface area contributed by atoms with Crippen LogP contribution in [0.1, 0.15) is 6.42 Å². The van der Waals surface area contributed by atoms with Gasteiger partial charge in [0.2, 0.25) is 5.91 Å². The van der Waals surface area contributed by atoms with Crippen LogP contribution in [0.2, 0.25) is 5.02 Å². The van der Waals surface area contributed by atoms with E-state index in [0.717, 1.165) is 4.31 Å². The molecule has 0 aliphatic heterocycles. The van der Waals surface area contributed by atoms with Gasteiger partial charge in [-0.25, -0.2) is 8.42 Å². The zero-order valence-electron chi connectivity index (χ0n) is 13.3. The Kier molecular flexibility index (Phi) is 6.31. The number of primary amides is 1. The Morgan fingerprint density at radius 3 is 2.48 bits per heavy atom. The molecule has 0 aliphatic carbocycles. The maximum Gasteiger partial charge on any atom is 0.268 e. The highest BCUT2D eigenvalue weighted by molar-refractivity contribution is 9.10. The molecule has 0 fully saturated rings. The number of benzene rings is 2. The minimum Gasteiger partial charge on any atom is -0.494 e. The highest BCUT2D eigenvalue weighted by Gasteiger charge is 2.30. The molecule has 0 aromatic heterocycles. The van der Waals surface area contributed by atoms with Crippen LogP contribution in [0.5, 0.6) is 5.75 Å². The van der Waals surface area contributed by atoms with E-state index in [1.165, 1.54) is 19.2 Å². The number of halogens is 2. The molecule has 1 amide bonds. The maximum atomic E-state index is 13.2. The lowest BCUT2D eigenvalue weighted by Gasteiger charge is -2.25. The number of ether oxygens (including phenoxy) is 1. The summed E-state index contributed by atoms with van der Waals surface area (Å²) < 4.78 is 33.2. The van der Waals surface area contributed by atoms with Crippen molar-refractivity contribution in [1.82, 2.24) is 0 Å². The van der Waals surface area contributed by atoms with Gasteiger partial charge in [0, 0.05) is 18.0 Å². The van der Waals surface area contributed by atoms with Crippen LogP contribution < -0.4 is 14.8 Å². The molecule has 0 saturated heterocycles. The fourth-order valence-electron chi connectivity index (χ4n) is 2.24. The summed E-state index contributed by atoms with van der Waals surface area (Å²) in [5.41, 5.74) is 5.60. The third-order valence-electron chi connectivity index (χ3n) is 3.35. The van der Waals surface area contributed by atoms with Crippen LogP contribution in [-0.2, 0) is 14.8 Å². The van der Waals surface area contributed by atoms with Gasteiger partial charge in [-0.1, -0.05) is 29.8 Å². The molecule has 0 heterocycles. The average molecular weight is 448 g/mol. The number of amides is 1. The number of carbonyl (C=O) groups is 1. The van der Waals surface area contributed by atoms with E-state index in [-0.39, 0.29) is 28.6 Å². The molecule has 0 spiro atoms. The second-order valence-electron chi connectivity index (χ2n) is 5.05. The average Bonchev–Trinajstić information content (AvgIpc) is 2.55. The molecule has 2 aromatic rings. The van der Waals surface area contributed by atoms with E-state index < -0.39 is 15.9 Å². The number of nitrogens with zero attached hydrogens (tertiary/aromatic N) is 1. The third-order valence-corrected chi connectivity index (χ3v) is 5.99. The quantitative estimate of drug-likeness (QED) is 0.706. The summed E-state index contributed by atoms with van der Waals surface area (Å²) in [5, 5.41) is 0.231. The van der Waals surface area contributed by atoms with E-state index >= 15 is 0 Å². The summed E-state index contributed by atoms with van der Waals surface area (Å²) in [7, 11) is -2.69. The van der Waals surface area contributed by atoms with Crippen LogP contribution >= 0.6 is 27.5 Å². The van der Waals surface area contributed by atoms with Gasteiger partial charge in [-0.05, 0) is 40.2 Å². The van der Waals surface area contributed by atoms with Crippen molar-refractivity contribution in [2.45, 2.75) is 11.3 Å². The molecule has 0 unspecified atom stereocenters. The summed E-state index contributed by atoms with van der Waals surface area (Å²) >= 11 is 9.27. The SMILES string of the molecule is COc1c(Br)cc(Cl)cc1S(=O)(=O)N(CCC(N)=O)c1ccccc1. The molecule has 2 N–H and O–H groups in total. The van der Waals surface area contributed by atoms with Crippen LogP contribution in [-0.4, -0.2) is 28.0 Å². The largest absolute Gasteiger partial charge is 0.494 e. The Morgan fingerprint density at radius 1 is 1.28 bits per heavy atom. The van der Waals surface area contributed by atoms with E-state index in [0.29, 0.717) is 10.2 Å². The summed E-state index contributed by atoms with van der Waals surface area (Å²) in [5.74, 6) is -0.472. The highest BCUT2D eigenvalue weighted by atomic mass is 79.9. The summed E-state index contributed by atoms with van der Waals surface area (Å²) in [6, 6.07) is 11.3. The van der Waals surface area contributed by atoms with E-state index in [1.807, 2.05) is 0 Å². The number of anilines is 1. The second-order valence-corrected chi connectivity index (χ2v) is 8.17. The fraction of sp³-hybridized carbons (Fsp3) is 0.188. The summed E-state index contributed by atoms with van der Waals surface area (Å²) in [4.78, 5) is 11.1. The van der Waals surface area contributed by atoms with Crippen molar-refractivity contribution in [3.05, 3.63) is 52.0 Å². The van der Waals surface area contributed by atoms with Gasteiger partial charge in [-0.3, -0.25) is 9.10 Å². The van der Waals surface area contributed by atoms with E-state index in [9.17, 15) is 13.2 Å². The fourth-order valence-corrected chi connectivity index (χ4v) is 5.08. The van der Waals surface area contributed by atoms with Gasteiger partial charge in [0.1, 0.15) is 4.90 Å². The smallest absolute Gasteiger partial charge is 0.268 e. The molecule has 0 bridgehead atoms. The van der Waals surface area contributed by atoms with Crippen LogP contribution in [0.4, 0.5) is 5.69 Å². The van der Waals surface area contributed by atoms with E-state index in [1.54, 1.807) is 30.3 Å². The minimum absolute atomic E-state index is 0.102.